The first-order valence-corrected chi connectivity index (χ1v) is 8.74. The lowest BCUT2D eigenvalue weighted by Gasteiger charge is -2.28. The van der Waals surface area contributed by atoms with Crippen molar-refractivity contribution in [1.29, 1.82) is 0 Å². The summed E-state index contributed by atoms with van der Waals surface area (Å²) in [5.74, 6) is -1.28. The summed E-state index contributed by atoms with van der Waals surface area (Å²) < 4.78 is 3.72. The minimum atomic E-state index is -1.01. The number of carboxylic acid groups (broad SMARTS) is 1. The highest BCUT2D eigenvalue weighted by Crippen LogP contribution is 2.34. The Bertz CT molecular complexity index is 759. The number of rotatable bonds is 5. The smallest absolute Gasteiger partial charge is 0.326 e. The van der Waals surface area contributed by atoms with E-state index < -0.39 is 17.9 Å². The molecule has 0 radical (unpaired) electrons. The minimum Gasteiger partial charge on any atom is -0.480 e. The highest BCUT2D eigenvalue weighted by atomic mass is 32.1. The van der Waals surface area contributed by atoms with Gasteiger partial charge < -0.3 is 10.4 Å². The Hall–Kier alpha value is -2.28. The standard InChI is InChI=1S/C17H19N3O3S/c1-10-15(24-20-19-10)16(21)18-14(17(22)23)9-12-7-4-6-11-5-2-3-8-13(11)12/h2-3,5,8,12,14H,4,6-7,9H2,1H3,(H,18,21)(H,22,23). The van der Waals surface area contributed by atoms with Gasteiger partial charge in [0.2, 0.25) is 0 Å². The first kappa shape index (κ1) is 16.6. The number of hydrogen-bond acceptors (Lipinski definition) is 5. The molecule has 3 rings (SSSR count). The number of hydrogen-bond donors (Lipinski definition) is 2. The molecule has 2 aromatic rings. The van der Waals surface area contributed by atoms with Gasteiger partial charge in [-0.05, 0) is 61.2 Å². The number of benzene rings is 1. The Kier molecular flexibility index (Phi) is 4.89. The molecule has 1 amide bonds. The number of aromatic nitrogens is 2. The fourth-order valence-corrected chi connectivity index (χ4v) is 3.83. The van der Waals surface area contributed by atoms with E-state index in [2.05, 4.69) is 27.0 Å². The van der Waals surface area contributed by atoms with Crippen molar-refractivity contribution in [2.75, 3.05) is 0 Å². The van der Waals surface area contributed by atoms with Crippen molar-refractivity contribution in [3.63, 3.8) is 0 Å². The van der Waals surface area contributed by atoms with E-state index in [0.717, 1.165) is 30.8 Å². The van der Waals surface area contributed by atoms with Gasteiger partial charge in [-0.2, -0.15) is 0 Å². The van der Waals surface area contributed by atoms with Crippen LogP contribution in [0.2, 0.25) is 0 Å². The maximum atomic E-state index is 12.3. The summed E-state index contributed by atoms with van der Waals surface area (Å²) in [5.41, 5.74) is 3.01. The normalized spacial score (nSPS) is 17.8. The van der Waals surface area contributed by atoms with Crippen LogP contribution < -0.4 is 5.32 Å². The number of amides is 1. The van der Waals surface area contributed by atoms with Crippen molar-refractivity contribution in [2.24, 2.45) is 0 Å². The lowest BCUT2D eigenvalue weighted by Crippen LogP contribution is -2.42. The molecule has 0 spiro atoms. The second kappa shape index (κ2) is 7.09. The number of carbonyl (C=O) groups excluding carboxylic acids is 1. The molecule has 2 unspecified atom stereocenters. The number of nitrogens with one attached hydrogen (secondary N) is 1. The predicted octanol–water partition coefficient (Wildman–Crippen LogP) is 2.54. The lowest BCUT2D eigenvalue weighted by atomic mass is 9.79. The molecular formula is C17H19N3O3S. The number of fused-ring (bicyclic) bond motifs is 1. The van der Waals surface area contributed by atoms with E-state index in [1.165, 1.54) is 11.1 Å². The molecule has 1 heterocycles. The van der Waals surface area contributed by atoms with E-state index in [-0.39, 0.29) is 5.92 Å². The molecule has 1 aliphatic rings. The van der Waals surface area contributed by atoms with Crippen LogP contribution in [0.25, 0.3) is 0 Å². The van der Waals surface area contributed by atoms with E-state index in [9.17, 15) is 14.7 Å². The molecule has 0 fully saturated rings. The summed E-state index contributed by atoms with van der Waals surface area (Å²) in [5, 5.41) is 16.0. The van der Waals surface area contributed by atoms with Crippen LogP contribution in [-0.2, 0) is 11.2 Å². The maximum absolute atomic E-state index is 12.3. The molecule has 1 aliphatic carbocycles. The molecule has 1 aromatic heterocycles. The number of carbonyl (C=O) groups is 2. The zero-order chi connectivity index (χ0) is 17.1. The van der Waals surface area contributed by atoms with Gasteiger partial charge in [0, 0.05) is 0 Å². The summed E-state index contributed by atoms with van der Waals surface area (Å²) in [6.07, 6.45) is 3.41. The van der Waals surface area contributed by atoms with Gasteiger partial charge in [-0.1, -0.05) is 28.8 Å². The largest absolute Gasteiger partial charge is 0.480 e. The highest BCUT2D eigenvalue weighted by Gasteiger charge is 2.29. The second-order valence-corrected chi connectivity index (χ2v) is 6.83. The lowest BCUT2D eigenvalue weighted by molar-refractivity contribution is -0.139. The second-order valence-electron chi connectivity index (χ2n) is 6.08. The molecule has 126 valence electrons. The zero-order valence-corrected chi connectivity index (χ0v) is 14.2. The van der Waals surface area contributed by atoms with Gasteiger partial charge in [-0.15, -0.1) is 5.10 Å². The average Bonchev–Trinajstić information content (AvgIpc) is 3.00. The molecule has 1 aromatic carbocycles. The fourth-order valence-electron chi connectivity index (χ4n) is 3.27. The van der Waals surface area contributed by atoms with Crippen LogP contribution in [0.15, 0.2) is 24.3 Å². The van der Waals surface area contributed by atoms with Crippen LogP contribution in [0.1, 0.15) is 51.7 Å². The van der Waals surface area contributed by atoms with E-state index >= 15 is 0 Å². The third-order valence-electron chi connectivity index (χ3n) is 4.48. The van der Waals surface area contributed by atoms with Crippen molar-refractivity contribution < 1.29 is 14.7 Å². The Labute approximate surface area is 144 Å². The Morgan fingerprint density at radius 2 is 2.21 bits per heavy atom. The van der Waals surface area contributed by atoms with Gasteiger partial charge in [0.25, 0.3) is 5.91 Å². The van der Waals surface area contributed by atoms with Gasteiger partial charge in [0.05, 0.1) is 5.69 Å². The molecular weight excluding hydrogens is 326 g/mol. The topological polar surface area (TPSA) is 92.2 Å². The number of carboxylic acids is 1. The van der Waals surface area contributed by atoms with E-state index in [0.29, 0.717) is 17.0 Å². The van der Waals surface area contributed by atoms with Crippen molar-refractivity contribution in [1.82, 2.24) is 14.9 Å². The SMILES string of the molecule is Cc1nnsc1C(=O)NC(CC1CCCc2ccccc21)C(=O)O. The summed E-state index contributed by atoms with van der Waals surface area (Å²) in [6.45, 7) is 1.69. The summed E-state index contributed by atoms with van der Waals surface area (Å²) in [6, 6.07) is 7.24. The van der Waals surface area contributed by atoms with E-state index in [1.807, 2.05) is 12.1 Å². The Morgan fingerprint density at radius 3 is 2.92 bits per heavy atom. The Morgan fingerprint density at radius 1 is 1.42 bits per heavy atom. The van der Waals surface area contributed by atoms with Crippen LogP contribution in [0.4, 0.5) is 0 Å². The number of aliphatic carboxylic acids is 1. The van der Waals surface area contributed by atoms with Crippen LogP contribution in [0.3, 0.4) is 0 Å². The molecule has 0 saturated carbocycles. The Balaban J connectivity index is 1.75. The fraction of sp³-hybridized carbons (Fsp3) is 0.412. The quantitative estimate of drug-likeness (QED) is 0.869. The maximum Gasteiger partial charge on any atom is 0.326 e. The molecule has 0 bridgehead atoms. The highest BCUT2D eigenvalue weighted by molar-refractivity contribution is 7.08. The average molecular weight is 345 g/mol. The van der Waals surface area contributed by atoms with Crippen molar-refractivity contribution in [2.45, 2.75) is 44.6 Å². The molecule has 7 heteroatoms. The minimum absolute atomic E-state index is 0.150. The van der Waals surface area contributed by atoms with Crippen LogP contribution >= 0.6 is 11.5 Å². The van der Waals surface area contributed by atoms with Crippen LogP contribution in [-0.4, -0.2) is 32.6 Å². The molecule has 6 nitrogen and oxygen atoms in total. The number of aryl methyl sites for hydroxylation is 2. The van der Waals surface area contributed by atoms with Crippen molar-refractivity contribution in [3.05, 3.63) is 46.0 Å². The molecule has 2 N–H and O–H groups in total. The zero-order valence-electron chi connectivity index (χ0n) is 13.4. The molecule has 24 heavy (non-hydrogen) atoms. The van der Waals surface area contributed by atoms with Gasteiger partial charge in [-0.25, -0.2) is 4.79 Å². The summed E-state index contributed by atoms with van der Waals surface area (Å²) in [7, 11) is 0. The molecule has 0 saturated heterocycles. The van der Waals surface area contributed by atoms with Crippen molar-refractivity contribution in [3.8, 4) is 0 Å². The molecule has 0 aliphatic heterocycles. The van der Waals surface area contributed by atoms with E-state index in [1.54, 1.807) is 6.92 Å². The number of nitrogens with zero attached hydrogens (tertiary/aromatic N) is 2. The van der Waals surface area contributed by atoms with Crippen molar-refractivity contribution >= 4 is 23.4 Å². The third-order valence-corrected chi connectivity index (χ3v) is 5.30. The van der Waals surface area contributed by atoms with Crippen LogP contribution in [0, 0.1) is 6.92 Å². The van der Waals surface area contributed by atoms with E-state index in [4.69, 9.17) is 0 Å². The first-order valence-electron chi connectivity index (χ1n) is 7.96. The first-order chi connectivity index (χ1) is 11.6. The van der Waals surface area contributed by atoms with Crippen LogP contribution in [0.5, 0.6) is 0 Å². The van der Waals surface area contributed by atoms with Gasteiger partial charge >= 0.3 is 5.97 Å². The summed E-state index contributed by atoms with van der Waals surface area (Å²) in [4.78, 5) is 24.3. The van der Waals surface area contributed by atoms with Gasteiger partial charge in [0.15, 0.2) is 0 Å². The third kappa shape index (κ3) is 3.46. The summed E-state index contributed by atoms with van der Waals surface area (Å²) >= 11 is 0.980. The van der Waals surface area contributed by atoms with Gasteiger partial charge in [-0.3, -0.25) is 4.79 Å². The molecule has 2 atom stereocenters. The van der Waals surface area contributed by atoms with Gasteiger partial charge in [0.1, 0.15) is 10.9 Å². The predicted molar refractivity (Wildman–Crippen MR) is 90.3 cm³/mol. The monoisotopic (exact) mass is 345 g/mol.